The number of hydrogen-bond donors (Lipinski definition) is 3. The first-order valence-corrected chi connectivity index (χ1v) is 6.49. The maximum atomic E-state index is 9.72. The van der Waals surface area contributed by atoms with E-state index in [0.717, 1.165) is 17.0 Å². The smallest absolute Gasteiger partial charge is 0.0687 e. The molecule has 104 valence electrons. The van der Waals surface area contributed by atoms with Gasteiger partial charge in [0.25, 0.3) is 0 Å². The van der Waals surface area contributed by atoms with Crippen LogP contribution >= 0.6 is 0 Å². The van der Waals surface area contributed by atoms with E-state index in [1.165, 1.54) is 0 Å². The van der Waals surface area contributed by atoms with Crippen molar-refractivity contribution in [2.45, 2.75) is 46.9 Å². The first kappa shape index (κ1) is 15.1. The zero-order chi connectivity index (χ0) is 13.7. The second kappa shape index (κ2) is 6.87. The van der Waals surface area contributed by atoms with E-state index in [1.807, 2.05) is 32.4 Å². The van der Waals surface area contributed by atoms with E-state index in [0.29, 0.717) is 19.6 Å². The van der Waals surface area contributed by atoms with Crippen molar-refractivity contribution >= 4 is 0 Å². The van der Waals surface area contributed by atoms with Crippen molar-refractivity contribution in [1.82, 2.24) is 15.1 Å². The largest absolute Gasteiger partial charge is 0.394 e. The average molecular weight is 255 g/mol. The predicted octanol–water partition coefficient (Wildman–Crippen LogP) is 0.599. The van der Waals surface area contributed by atoms with Gasteiger partial charge in [0, 0.05) is 24.3 Å². The first-order chi connectivity index (χ1) is 8.47. The van der Waals surface area contributed by atoms with Crippen molar-refractivity contribution in [2.75, 3.05) is 13.2 Å². The molecule has 0 fully saturated rings. The van der Waals surface area contributed by atoms with Gasteiger partial charge in [0.1, 0.15) is 0 Å². The van der Waals surface area contributed by atoms with Crippen LogP contribution in [0.1, 0.15) is 30.8 Å². The van der Waals surface area contributed by atoms with Crippen LogP contribution < -0.4 is 5.32 Å². The van der Waals surface area contributed by atoms with E-state index in [1.54, 1.807) is 0 Å². The standard InChI is InChI=1S/C13H25N3O2/c1-9(2)13(18)8-14-7-12-10(3)15-16(5-6-17)11(12)4/h9,13-14,17-18H,5-8H2,1-4H3. The quantitative estimate of drug-likeness (QED) is 0.667. The average Bonchev–Trinajstić information content (AvgIpc) is 2.56. The monoisotopic (exact) mass is 255 g/mol. The van der Waals surface area contributed by atoms with Crippen LogP contribution in [0.3, 0.4) is 0 Å². The van der Waals surface area contributed by atoms with Gasteiger partial charge in [0.15, 0.2) is 0 Å². The van der Waals surface area contributed by atoms with Crippen molar-refractivity contribution in [3.8, 4) is 0 Å². The van der Waals surface area contributed by atoms with Crippen LogP contribution in [0.2, 0.25) is 0 Å². The molecule has 18 heavy (non-hydrogen) atoms. The fourth-order valence-corrected chi connectivity index (χ4v) is 1.88. The van der Waals surface area contributed by atoms with Gasteiger partial charge in [-0.15, -0.1) is 0 Å². The summed E-state index contributed by atoms with van der Waals surface area (Å²) in [6.07, 6.45) is -0.321. The highest BCUT2D eigenvalue weighted by Gasteiger charge is 2.12. The van der Waals surface area contributed by atoms with Crippen molar-refractivity contribution in [1.29, 1.82) is 0 Å². The van der Waals surface area contributed by atoms with Crippen LogP contribution in [0.15, 0.2) is 0 Å². The van der Waals surface area contributed by atoms with Crippen LogP contribution in [0.25, 0.3) is 0 Å². The van der Waals surface area contributed by atoms with Gasteiger partial charge in [0.05, 0.1) is 24.9 Å². The molecule has 0 aromatic carbocycles. The number of nitrogens with zero attached hydrogens (tertiary/aromatic N) is 2. The van der Waals surface area contributed by atoms with Gasteiger partial charge in [0.2, 0.25) is 0 Å². The summed E-state index contributed by atoms with van der Waals surface area (Å²) >= 11 is 0. The summed E-state index contributed by atoms with van der Waals surface area (Å²) in [5.41, 5.74) is 3.21. The molecule has 0 saturated heterocycles. The minimum absolute atomic E-state index is 0.0981. The zero-order valence-corrected chi connectivity index (χ0v) is 11.8. The van der Waals surface area contributed by atoms with E-state index in [2.05, 4.69) is 10.4 Å². The Morgan fingerprint density at radius 2 is 2.00 bits per heavy atom. The summed E-state index contributed by atoms with van der Waals surface area (Å²) in [4.78, 5) is 0. The molecule has 0 aliphatic carbocycles. The van der Waals surface area contributed by atoms with Crippen LogP contribution in [-0.2, 0) is 13.1 Å². The Hall–Kier alpha value is -0.910. The van der Waals surface area contributed by atoms with Crippen molar-refractivity contribution in [3.63, 3.8) is 0 Å². The third-order valence-corrected chi connectivity index (χ3v) is 3.27. The number of hydrogen-bond acceptors (Lipinski definition) is 4. The van der Waals surface area contributed by atoms with E-state index in [9.17, 15) is 5.11 Å². The zero-order valence-electron chi connectivity index (χ0n) is 11.8. The minimum atomic E-state index is -0.321. The summed E-state index contributed by atoms with van der Waals surface area (Å²) < 4.78 is 1.82. The molecule has 0 bridgehead atoms. The molecule has 1 heterocycles. The third kappa shape index (κ3) is 3.80. The molecular formula is C13H25N3O2. The lowest BCUT2D eigenvalue weighted by Gasteiger charge is -2.15. The van der Waals surface area contributed by atoms with Crippen LogP contribution in [-0.4, -0.2) is 39.2 Å². The third-order valence-electron chi connectivity index (χ3n) is 3.27. The van der Waals surface area contributed by atoms with E-state index >= 15 is 0 Å². The van der Waals surface area contributed by atoms with E-state index in [-0.39, 0.29) is 18.6 Å². The molecule has 0 radical (unpaired) electrons. The molecule has 0 saturated carbocycles. The van der Waals surface area contributed by atoms with Crippen molar-refractivity contribution in [3.05, 3.63) is 17.0 Å². The van der Waals surface area contributed by atoms with Crippen LogP contribution in [0, 0.1) is 19.8 Å². The Morgan fingerprint density at radius 1 is 1.33 bits per heavy atom. The molecule has 0 aliphatic heterocycles. The second-order valence-electron chi connectivity index (χ2n) is 5.04. The molecule has 5 nitrogen and oxygen atoms in total. The van der Waals surface area contributed by atoms with E-state index < -0.39 is 0 Å². The van der Waals surface area contributed by atoms with Crippen molar-refractivity contribution in [2.24, 2.45) is 5.92 Å². The normalized spacial score (nSPS) is 13.3. The minimum Gasteiger partial charge on any atom is -0.394 e. The number of rotatable bonds is 7. The summed E-state index contributed by atoms with van der Waals surface area (Å²) in [7, 11) is 0. The molecule has 5 heteroatoms. The lowest BCUT2D eigenvalue weighted by molar-refractivity contribution is 0.123. The lowest BCUT2D eigenvalue weighted by Crippen LogP contribution is -2.30. The number of nitrogens with one attached hydrogen (secondary N) is 1. The number of aliphatic hydroxyl groups is 2. The lowest BCUT2D eigenvalue weighted by atomic mass is 10.1. The molecule has 0 spiro atoms. The van der Waals surface area contributed by atoms with Crippen LogP contribution in [0.5, 0.6) is 0 Å². The summed E-state index contributed by atoms with van der Waals surface area (Å²) in [5.74, 6) is 0.261. The van der Waals surface area contributed by atoms with Gasteiger partial charge in [-0.25, -0.2) is 0 Å². The molecule has 1 aromatic rings. The Balaban J connectivity index is 2.57. The molecule has 1 rings (SSSR count). The topological polar surface area (TPSA) is 70.3 Å². The molecule has 1 aromatic heterocycles. The highest BCUT2D eigenvalue weighted by atomic mass is 16.3. The maximum absolute atomic E-state index is 9.72. The fraction of sp³-hybridized carbons (Fsp3) is 0.769. The molecule has 0 aliphatic rings. The second-order valence-corrected chi connectivity index (χ2v) is 5.04. The first-order valence-electron chi connectivity index (χ1n) is 6.49. The summed E-state index contributed by atoms with van der Waals surface area (Å²) in [6, 6.07) is 0. The Morgan fingerprint density at radius 3 is 2.56 bits per heavy atom. The molecule has 1 unspecified atom stereocenters. The summed E-state index contributed by atoms with van der Waals surface area (Å²) in [6.45, 7) is 9.89. The number of aromatic nitrogens is 2. The predicted molar refractivity (Wildman–Crippen MR) is 71.3 cm³/mol. The SMILES string of the molecule is Cc1nn(CCO)c(C)c1CNCC(O)C(C)C. The van der Waals surface area contributed by atoms with E-state index in [4.69, 9.17) is 5.11 Å². The van der Waals surface area contributed by atoms with Gasteiger partial charge in [-0.05, 0) is 19.8 Å². The highest BCUT2D eigenvalue weighted by Crippen LogP contribution is 2.12. The Kier molecular flexibility index (Phi) is 5.78. The van der Waals surface area contributed by atoms with Gasteiger partial charge in [-0.2, -0.15) is 5.10 Å². The summed E-state index contributed by atoms with van der Waals surface area (Å²) in [5, 5.41) is 26.3. The molecule has 3 N–H and O–H groups in total. The maximum Gasteiger partial charge on any atom is 0.0687 e. The van der Waals surface area contributed by atoms with Gasteiger partial charge in [-0.1, -0.05) is 13.8 Å². The van der Waals surface area contributed by atoms with Crippen molar-refractivity contribution < 1.29 is 10.2 Å². The molecule has 0 amide bonds. The van der Waals surface area contributed by atoms with Gasteiger partial charge >= 0.3 is 0 Å². The Bertz CT molecular complexity index is 375. The Labute approximate surface area is 109 Å². The highest BCUT2D eigenvalue weighted by molar-refractivity contribution is 5.24. The fourth-order valence-electron chi connectivity index (χ4n) is 1.88. The van der Waals surface area contributed by atoms with Gasteiger partial charge in [-0.3, -0.25) is 4.68 Å². The molecular weight excluding hydrogens is 230 g/mol. The molecule has 1 atom stereocenters. The number of aliphatic hydroxyl groups excluding tert-OH is 2. The van der Waals surface area contributed by atoms with Crippen LogP contribution in [0.4, 0.5) is 0 Å². The van der Waals surface area contributed by atoms with Gasteiger partial charge < -0.3 is 15.5 Å². The number of aryl methyl sites for hydroxylation is 1.